The van der Waals surface area contributed by atoms with Crippen LogP contribution >= 0.6 is 0 Å². The van der Waals surface area contributed by atoms with E-state index in [0.717, 1.165) is 38.5 Å². The van der Waals surface area contributed by atoms with Gasteiger partial charge < -0.3 is 16.2 Å². The van der Waals surface area contributed by atoms with Crippen LogP contribution in [0.15, 0.2) is 12.2 Å². The van der Waals surface area contributed by atoms with Crippen LogP contribution in [-0.2, 0) is 9.59 Å². The first-order valence-electron chi connectivity index (χ1n) is 12.0. The molecule has 0 aromatic heterocycles. The molecule has 0 aromatic carbocycles. The molecule has 1 amide bonds. The second-order valence-electron chi connectivity index (χ2n) is 8.08. The summed E-state index contributed by atoms with van der Waals surface area (Å²) < 4.78 is 0. The van der Waals surface area contributed by atoms with Crippen molar-refractivity contribution in [3.8, 4) is 0 Å². The van der Waals surface area contributed by atoms with Crippen LogP contribution in [0.3, 0.4) is 0 Å². The van der Waals surface area contributed by atoms with Gasteiger partial charge in [-0.1, -0.05) is 70.4 Å². The zero-order chi connectivity index (χ0) is 21.6. The van der Waals surface area contributed by atoms with Gasteiger partial charge in [0.2, 0.25) is 5.91 Å². The minimum atomic E-state index is -0.958. The number of allylic oxidation sites excluding steroid dienone is 2. The number of nitrogens with two attached hydrogens (primary N) is 1. The van der Waals surface area contributed by atoms with Crippen molar-refractivity contribution in [3.63, 3.8) is 0 Å². The average molecular weight is 411 g/mol. The molecule has 0 bridgehead atoms. The molecule has 170 valence electrons. The Morgan fingerprint density at radius 3 is 1.93 bits per heavy atom. The van der Waals surface area contributed by atoms with Gasteiger partial charge in [0.05, 0.1) is 0 Å². The van der Waals surface area contributed by atoms with Crippen LogP contribution in [0.2, 0.25) is 0 Å². The van der Waals surface area contributed by atoms with Crippen LogP contribution in [0, 0.1) is 0 Å². The monoisotopic (exact) mass is 410 g/mol. The fourth-order valence-electron chi connectivity index (χ4n) is 3.37. The summed E-state index contributed by atoms with van der Waals surface area (Å²) in [6.07, 6.45) is 22.9. The molecule has 0 aromatic rings. The number of aliphatic carboxylic acids is 1. The summed E-state index contributed by atoms with van der Waals surface area (Å²) in [6.45, 7) is 2.80. The molecular formula is C24H46N2O3. The molecule has 0 spiro atoms. The molecule has 5 heteroatoms. The Bertz CT molecular complexity index is 424. The summed E-state index contributed by atoms with van der Waals surface area (Å²) in [7, 11) is 0. The Morgan fingerprint density at radius 2 is 1.38 bits per heavy atom. The van der Waals surface area contributed by atoms with Gasteiger partial charge in [-0.15, -0.1) is 0 Å². The van der Waals surface area contributed by atoms with E-state index in [0.29, 0.717) is 19.4 Å². The fraction of sp³-hybridized carbons (Fsp3) is 0.833. The van der Waals surface area contributed by atoms with E-state index >= 15 is 0 Å². The number of amides is 1. The first kappa shape index (κ1) is 27.6. The molecule has 0 saturated heterocycles. The molecule has 0 saturated carbocycles. The van der Waals surface area contributed by atoms with Crippen molar-refractivity contribution in [3.05, 3.63) is 12.2 Å². The van der Waals surface area contributed by atoms with Crippen molar-refractivity contribution in [1.82, 2.24) is 5.32 Å². The molecule has 4 N–H and O–H groups in total. The van der Waals surface area contributed by atoms with E-state index in [-0.39, 0.29) is 5.91 Å². The Labute approximate surface area is 178 Å². The van der Waals surface area contributed by atoms with Crippen molar-refractivity contribution < 1.29 is 14.7 Å². The Hall–Kier alpha value is -1.36. The van der Waals surface area contributed by atoms with E-state index < -0.39 is 12.0 Å². The molecule has 1 unspecified atom stereocenters. The van der Waals surface area contributed by atoms with E-state index in [9.17, 15) is 14.7 Å². The molecule has 0 aliphatic rings. The maximum Gasteiger partial charge on any atom is 0.326 e. The highest BCUT2D eigenvalue weighted by Crippen LogP contribution is 2.10. The number of nitrogens with one attached hydrogen (secondary N) is 1. The smallest absolute Gasteiger partial charge is 0.326 e. The molecule has 0 heterocycles. The third-order valence-electron chi connectivity index (χ3n) is 5.25. The van der Waals surface area contributed by atoms with E-state index in [2.05, 4.69) is 24.4 Å². The van der Waals surface area contributed by atoms with Crippen LogP contribution in [0.5, 0.6) is 0 Å². The highest BCUT2D eigenvalue weighted by molar-refractivity contribution is 5.83. The van der Waals surface area contributed by atoms with Crippen molar-refractivity contribution >= 4 is 11.9 Å². The van der Waals surface area contributed by atoms with Crippen molar-refractivity contribution in [2.24, 2.45) is 5.73 Å². The number of hydrogen-bond acceptors (Lipinski definition) is 3. The third-order valence-corrected chi connectivity index (χ3v) is 5.25. The third kappa shape index (κ3) is 19.7. The second kappa shape index (κ2) is 21.4. The van der Waals surface area contributed by atoms with Gasteiger partial charge in [-0.05, 0) is 57.9 Å². The number of rotatable bonds is 21. The predicted octanol–water partition coefficient (Wildman–Crippen LogP) is 5.72. The van der Waals surface area contributed by atoms with Crippen LogP contribution in [0.4, 0.5) is 0 Å². The zero-order valence-electron chi connectivity index (χ0n) is 18.8. The van der Waals surface area contributed by atoms with Crippen molar-refractivity contribution in [1.29, 1.82) is 0 Å². The number of carboxylic acids is 1. The number of hydrogen-bond donors (Lipinski definition) is 3. The minimum absolute atomic E-state index is 0.150. The maximum absolute atomic E-state index is 11.9. The number of carboxylic acid groups (broad SMARTS) is 1. The number of carbonyl (C=O) groups is 2. The van der Waals surface area contributed by atoms with Gasteiger partial charge in [-0.25, -0.2) is 4.79 Å². The van der Waals surface area contributed by atoms with Gasteiger partial charge in [-0.3, -0.25) is 4.79 Å². The lowest BCUT2D eigenvalue weighted by atomic mass is 10.1. The van der Waals surface area contributed by atoms with Crippen LogP contribution < -0.4 is 11.1 Å². The van der Waals surface area contributed by atoms with Gasteiger partial charge in [0.25, 0.3) is 0 Å². The Morgan fingerprint density at radius 1 is 0.828 bits per heavy atom. The molecule has 29 heavy (non-hydrogen) atoms. The average Bonchev–Trinajstić information content (AvgIpc) is 2.70. The van der Waals surface area contributed by atoms with Crippen LogP contribution in [-0.4, -0.2) is 29.6 Å². The predicted molar refractivity (Wildman–Crippen MR) is 122 cm³/mol. The largest absolute Gasteiger partial charge is 0.480 e. The van der Waals surface area contributed by atoms with E-state index in [1.165, 1.54) is 57.8 Å². The van der Waals surface area contributed by atoms with Gasteiger partial charge in [-0.2, -0.15) is 0 Å². The summed E-state index contributed by atoms with van der Waals surface area (Å²) in [6, 6.07) is -0.780. The van der Waals surface area contributed by atoms with Gasteiger partial charge in [0.15, 0.2) is 0 Å². The zero-order valence-corrected chi connectivity index (χ0v) is 18.8. The lowest BCUT2D eigenvalue weighted by Crippen LogP contribution is -2.40. The summed E-state index contributed by atoms with van der Waals surface area (Å²) in [4.78, 5) is 23.1. The Balaban J connectivity index is 3.51. The van der Waals surface area contributed by atoms with Crippen LogP contribution in [0.25, 0.3) is 0 Å². The van der Waals surface area contributed by atoms with Gasteiger partial charge in [0, 0.05) is 6.42 Å². The standard InChI is InChI=1S/C24H46N2O3/c1-2-3-4-5-6-7-8-9-10-11-12-13-14-15-16-20-23(27)26-22(24(28)29)19-17-18-21-25/h9-10,22H,2-8,11-21,25H2,1H3,(H,26,27)(H,28,29)/b10-9-. The summed E-state index contributed by atoms with van der Waals surface area (Å²) >= 11 is 0. The molecular weight excluding hydrogens is 364 g/mol. The lowest BCUT2D eigenvalue weighted by Gasteiger charge is -2.14. The molecule has 0 fully saturated rings. The summed E-state index contributed by atoms with van der Waals surface area (Å²) in [5, 5.41) is 11.8. The topological polar surface area (TPSA) is 92.4 Å². The number of unbranched alkanes of at least 4 members (excludes halogenated alkanes) is 12. The Kier molecular flexibility index (Phi) is 20.3. The quantitative estimate of drug-likeness (QED) is 0.167. The minimum Gasteiger partial charge on any atom is -0.480 e. The highest BCUT2D eigenvalue weighted by Gasteiger charge is 2.18. The maximum atomic E-state index is 11.9. The SMILES string of the molecule is CCCCCCCC/C=C\CCCCCCCC(=O)NC(CCCCN)C(=O)O. The van der Waals surface area contributed by atoms with E-state index in [1.807, 2.05) is 0 Å². The molecule has 0 aliphatic heterocycles. The second-order valence-corrected chi connectivity index (χ2v) is 8.08. The lowest BCUT2D eigenvalue weighted by molar-refractivity contribution is -0.142. The van der Waals surface area contributed by atoms with Gasteiger partial charge >= 0.3 is 5.97 Å². The molecule has 0 aliphatic carbocycles. The van der Waals surface area contributed by atoms with Crippen molar-refractivity contribution in [2.75, 3.05) is 6.54 Å². The first-order chi connectivity index (χ1) is 14.1. The van der Waals surface area contributed by atoms with Crippen LogP contribution in [0.1, 0.15) is 116 Å². The summed E-state index contributed by atoms with van der Waals surface area (Å²) in [5.41, 5.74) is 5.42. The normalized spacial score (nSPS) is 12.3. The molecule has 5 nitrogen and oxygen atoms in total. The molecule has 0 rings (SSSR count). The summed E-state index contributed by atoms with van der Waals surface area (Å²) in [5.74, 6) is -1.11. The van der Waals surface area contributed by atoms with E-state index in [1.54, 1.807) is 0 Å². The fourth-order valence-corrected chi connectivity index (χ4v) is 3.37. The molecule has 1 atom stereocenters. The molecule has 0 radical (unpaired) electrons. The highest BCUT2D eigenvalue weighted by atomic mass is 16.4. The van der Waals surface area contributed by atoms with Gasteiger partial charge in [0.1, 0.15) is 6.04 Å². The van der Waals surface area contributed by atoms with E-state index in [4.69, 9.17) is 5.73 Å². The van der Waals surface area contributed by atoms with Crippen molar-refractivity contribution in [2.45, 2.75) is 122 Å². The first-order valence-corrected chi connectivity index (χ1v) is 12.0. The number of carbonyl (C=O) groups excluding carboxylic acids is 1.